The fourth-order valence-corrected chi connectivity index (χ4v) is 2.42. The lowest BCUT2D eigenvalue weighted by atomic mass is 9.85. The summed E-state index contributed by atoms with van der Waals surface area (Å²) in [5.41, 5.74) is 0.473. The van der Waals surface area contributed by atoms with Crippen LogP contribution in [0.5, 0.6) is 0 Å². The van der Waals surface area contributed by atoms with E-state index in [1.54, 1.807) is 0 Å². The summed E-state index contributed by atoms with van der Waals surface area (Å²) in [4.78, 5) is 30.2. The Balaban J connectivity index is 2.75. The Bertz CT molecular complexity index is 529. The van der Waals surface area contributed by atoms with Crippen molar-refractivity contribution in [1.82, 2.24) is 14.9 Å². The molecular weight excluding hydrogens is 206 g/mol. The summed E-state index contributed by atoms with van der Waals surface area (Å²) in [6.45, 7) is 6.81. The van der Waals surface area contributed by atoms with Crippen LogP contribution in [0, 0.1) is 5.92 Å². The Morgan fingerprint density at radius 1 is 1.31 bits per heavy atom. The van der Waals surface area contributed by atoms with Crippen LogP contribution in [0.1, 0.15) is 32.0 Å². The molecule has 0 saturated heterocycles. The molecule has 0 aromatic carbocycles. The molecule has 0 spiro atoms. The number of aromatic nitrogens is 2. The SMILES string of the molecule is CC(C)C1(C)c2[nH]c(=O)[nH]c(=O)c2CN1C. The van der Waals surface area contributed by atoms with Gasteiger partial charge in [0.1, 0.15) is 0 Å². The van der Waals surface area contributed by atoms with Crippen LogP contribution in [0.3, 0.4) is 0 Å². The Labute approximate surface area is 93.5 Å². The highest BCUT2D eigenvalue weighted by Crippen LogP contribution is 2.39. The molecule has 0 saturated carbocycles. The van der Waals surface area contributed by atoms with Crippen molar-refractivity contribution >= 4 is 0 Å². The van der Waals surface area contributed by atoms with Gasteiger partial charge in [-0.1, -0.05) is 13.8 Å². The van der Waals surface area contributed by atoms with Gasteiger partial charge in [0, 0.05) is 12.2 Å². The molecule has 2 rings (SSSR count). The van der Waals surface area contributed by atoms with Crippen molar-refractivity contribution in [2.24, 2.45) is 5.92 Å². The van der Waals surface area contributed by atoms with E-state index in [0.29, 0.717) is 18.0 Å². The molecule has 5 nitrogen and oxygen atoms in total. The standard InChI is InChI=1S/C11H17N3O2/c1-6(2)11(3)8-7(5-14(11)4)9(15)13-10(16)12-8/h6H,5H2,1-4H3,(H2,12,13,15,16). The molecular formula is C11H17N3O2. The van der Waals surface area contributed by atoms with Gasteiger partial charge >= 0.3 is 5.69 Å². The van der Waals surface area contributed by atoms with E-state index >= 15 is 0 Å². The lowest BCUT2D eigenvalue weighted by Crippen LogP contribution is -2.41. The topological polar surface area (TPSA) is 69.0 Å². The highest BCUT2D eigenvalue weighted by Gasteiger charge is 2.43. The molecule has 1 aliphatic rings. The number of fused-ring (bicyclic) bond motifs is 1. The number of hydrogen-bond donors (Lipinski definition) is 2. The zero-order chi connectivity index (χ0) is 12.1. The smallest absolute Gasteiger partial charge is 0.309 e. The fraction of sp³-hybridized carbons (Fsp3) is 0.636. The molecule has 2 heterocycles. The third-order valence-corrected chi connectivity index (χ3v) is 3.86. The summed E-state index contributed by atoms with van der Waals surface area (Å²) in [5.74, 6) is 0.316. The first-order valence-electron chi connectivity index (χ1n) is 5.44. The summed E-state index contributed by atoms with van der Waals surface area (Å²) in [6.07, 6.45) is 0. The number of rotatable bonds is 1. The van der Waals surface area contributed by atoms with E-state index in [4.69, 9.17) is 0 Å². The summed E-state index contributed by atoms with van der Waals surface area (Å²) in [5, 5.41) is 0. The summed E-state index contributed by atoms with van der Waals surface area (Å²) in [6, 6.07) is 0. The van der Waals surface area contributed by atoms with Gasteiger partial charge in [0.25, 0.3) is 5.56 Å². The van der Waals surface area contributed by atoms with Crippen molar-refractivity contribution in [2.45, 2.75) is 32.9 Å². The van der Waals surface area contributed by atoms with Gasteiger partial charge < -0.3 is 4.98 Å². The second kappa shape index (κ2) is 3.31. The third-order valence-electron chi connectivity index (χ3n) is 3.86. The zero-order valence-corrected chi connectivity index (χ0v) is 10.0. The van der Waals surface area contributed by atoms with Gasteiger partial charge in [0.2, 0.25) is 0 Å². The minimum atomic E-state index is -0.425. The molecule has 1 aromatic rings. The molecule has 0 fully saturated rings. The lowest BCUT2D eigenvalue weighted by molar-refractivity contribution is 0.0991. The average Bonchev–Trinajstić information content (AvgIpc) is 2.43. The minimum Gasteiger partial charge on any atom is -0.309 e. The summed E-state index contributed by atoms with van der Waals surface area (Å²) in [7, 11) is 1.97. The quantitative estimate of drug-likeness (QED) is 0.723. The summed E-state index contributed by atoms with van der Waals surface area (Å²) < 4.78 is 0. The molecule has 1 aliphatic heterocycles. The van der Waals surface area contributed by atoms with E-state index in [9.17, 15) is 9.59 Å². The van der Waals surface area contributed by atoms with Gasteiger partial charge in [-0.05, 0) is 19.9 Å². The second-order valence-electron chi connectivity index (χ2n) is 4.92. The van der Waals surface area contributed by atoms with Gasteiger partial charge in [0.05, 0.1) is 11.1 Å². The predicted octanol–water partition coefficient (Wildman–Crippen LogP) is 0.380. The van der Waals surface area contributed by atoms with Crippen LogP contribution < -0.4 is 11.2 Å². The molecule has 5 heteroatoms. The van der Waals surface area contributed by atoms with Crippen molar-refractivity contribution in [3.05, 3.63) is 32.1 Å². The number of H-pyrrole nitrogens is 2. The minimum absolute atomic E-state index is 0.269. The van der Waals surface area contributed by atoms with Crippen molar-refractivity contribution < 1.29 is 0 Å². The molecule has 0 amide bonds. The molecule has 2 N–H and O–H groups in total. The van der Waals surface area contributed by atoms with Crippen LogP contribution in [0.25, 0.3) is 0 Å². The number of aromatic amines is 2. The highest BCUT2D eigenvalue weighted by atomic mass is 16.2. The highest BCUT2D eigenvalue weighted by molar-refractivity contribution is 5.30. The molecule has 16 heavy (non-hydrogen) atoms. The molecule has 1 atom stereocenters. The van der Waals surface area contributed by atoms with E-state index in [1.807, 2.05) is 7.05 Å². The maximum atomic E-state index is 11.7. The van der Waals surface area contributed by atoms with Crippen molar-refractivity contribution in [2.75, 3.05) is 7.05 Å². The van der Waals surface area contributed by atoms with Gasteiger partial charge in [0.15, 0.2) is 0 Å². The van der Waals surface area contributed by atoms with Gasteiger partial charge in [-0.2, -0.15) is 0 Å². The molecule has 0 bridgehead atoms. The fourth-order valence-electron chi connectivity index (χ4n) is 2.42. The average molecular weight is 223 g/mol. The van der Waals surface area contributed by atoms with Gasteiger partial charge in [-0.25, -0.2) is 4.79 Å². The van der Waals surface area contributed by atoms with E-state index in [2.05, 4.69) is 35.6 Å². The number of nitrogens with zero attached hydrogens (tertiary/aromatic N) is 1. The maximum absolute atomic E-state index is 11.7. The van der Waals surface area contributed by atoms with Crippen molar-refractivity contribution in [3.63, 3.8) is 0 Å². The van der Waals surface area contributed by atoms with Crippen LogP contribution in [0.15, 0.2) is 9.59 Å². The van der Waals surface area contributed by atoms with Crippen LogP contribution in [-0.4, -0.2) is 21.9 Å². The van der Waals surface area contributed by atoms with E-state index in [0.717, 1.165) is 5.69 Å². The Morgan fingerprint density at radius 3 is 2.50 bits per heavy atom. The van der Waals surface area contributed by atoms with E-state index < -0.39 is 5.69 Å². The van der Waals surface area contributed by atoms with E-state index in [-0.39, 0.29) is 11.1 Å². The summed E-state index contributed by atoms with van der Waals surface area (Å²) >= 11 is 0. The first-order valence-corrected chi connectivity index (χ1v) is 5.44. The Hall–Kier alpha value is -1.36. The first kappa shape index (κ1) is 11.1. The number of hydrogen-bond acceptors (Lipinski definition) is 3. The second-order valence-corrected chi connectivity index (χ2v) is 4.92. The molecule has 1 unspecified atom stereocenters. The molecule has 88 valence electrons. The molecule has 0 radical (unpaired) electrons. The third kappa shape index (κ3) is 1.28. The van der Waals surface area contributed by atoms with Gasteiger partial charge in [-0.15, -0.1) is 0 Å². The predicted molar refractivity (Wildman–Crippen MR) is 61.3 cm³/mol. The van der Waals surface area contributed by atoms with Crippen molar-refractivity contribution in [3.8, 4) is 0 Å². The van der Waals surface area contributed by atoms with E-state index in [1.165, 1.54) is 0 Å². The molecule has 0 aliphatic carbocycles. The molecule has 1 aromatic heterocycles. The Morgan fingerprint density at radius 2 is 1.94 bits per heavy atom. The van der Waals surface area contributed by atoms with Crippen molar-refractivity contribution in [1.29, 1.82) is 0 Å². The first-order chi connectivity index (χ1) is 7.37. The normalized spacial score (nSPS) is 25.1. The van der Waals surface area contributed by atoms with Crippen LogP contribution in [-0.2, 0) is 12.1 Å². The van der Waals surface area contributed by atoms with Crippen LogP contribution >= 0.6 is 0 Å². The maximum Gasteiger partial charge on any atom is 0.325 e. The number of nitrogens with one attached hydrogen (secondary N) is 2. The van der Waals surface area contributed by atoms with Crippen LogP contribution in [0.2, 0.25) is 0 Å². The Kier molecular flexibility index (Phi) is 2.31. The lowest BCUT2D eigenvalue weighted by Gasteiger charge is -2.36. The van der Waals surface area contributed by atoms with Gasteiger partial charge in [-0.3, -0.25) is 14.7 Å². The monoisotopic (exact) mass is 223 g/mol. The largest absolute Gasteiger partial charge is 0.325 e. The van der Waals surface area contributed by atoms with Crippen LogP contribution in [0.4, 0.5) is 0 Å². The zero-order valence-electron chi connectivity index (χ0n) is 10.0.